The van der Waals surface area contributed by atoms with Crippen LogP contribution in [0.25, 0.3) is 0 Å². The highest BCUT2D eigenvalue weighted by atomic mass is 32.2. The molecule has 6 heteroatoms. The predicted octanol–water partition coefficient (Wildman–Crippen LogP) is 3.10. The van der Waals surface area contributed by atoms with E-state index in [9.17, 15) is 8.42 Å². The van der Waals surface area contributed by atoms with E-state index in [1.54, 1.807) is 13.2 Å². The zero-order valence-electron chi connectivity index (χ0n) is 15.2. The molecule has 0 aromatic heterocycles. The molecule has 0 amide bonds. The highest BCUT2D eigenvalue weighted by molar-refractivity contribution is 7.89. The van der Waals surface area contributed by atoms with Crippen LogP contribution in [0.15, 0.2) is 41.3 Å². The topological polar surface area (TPSA) is 64.6 Å². The maximum absolute atomic E-state index is 12.8. The van der Waals surface area contributed by atoms with Gasteiger partial charge >= 0.3 is 0 Å². The van der Waals surface area contributed by atoms with Gasteiger partial charge in [-0.15, -0.1) is 0 Å². The lowest BCUT2D eigenvalue weighted by Gasteiger charge is -2.19. The first-order valence-electron chi connectivity index (χ1n) is 8.86. The number of benzene rings is 2. The van der Waals surface area contributed by atoms with Gasteiger partial charge in [-0.1, -0.05) is 12.1 Å². The number of methoxy groups -OCH3 is 2. The van der Waals surface area contributed by atoms with Gasteiger partial charge < -0.3 is 9.47 Å². The third-order valence-corrected chi connectivity index (χ3v) is 6.26. The molecule has 1 aliphatic rings. The summed E-state index contributed by atoms with van der Waals surface area (Å²) in [6.45, 7) is 0.328. The molecule has 1 N–H and O–H groups in total. The summed E-state index contributed by atoms with van der Waals surface area (Å²) in [4.78, 5) is 0.232. The Kier molecular flexibility index (Phi) is 5.84. The number of hydrogen-bond acceptors (Lipinski definition) is 4. The zero-order chi connectivity index (χ0) is 18.6. The van der Waals surface area contributed by atoms with Crippen molar-refractivity contribution in [2.24, 2.45) is 0 Å². The maximum atomic E-state index is 12.8. The van der Waals surface area contributed by atoms with Crippen molar-refractivity contribution in [3.63, 3.8) is 0 Å². The Morgan fingerprint density at radius 2 is 1.62 bits per heavy atom. The molecule has 1 aliphatic carbocycles. The second kappa shape index (κ2) is 8.10. The maximum Gasteiger partial charge on any atom is 0.244 e. The van der Waals surface area contributed by atoms with Crippen molar-refractivity contribution in [3.05, 3.63) is 53.1 Å². The average molecular weight is 375 g/mol. The van der Waals surface area contributed by atoms with Crippen molar-refractivity contribution >= 4 is 10.0 Å². The van der Waals surface area contributed by atoms with Gasteiger partial charge in [-0.05, 0) is 73.1 Å². The van der Waals surface area contributed by atoms with Crippen LogP contribution in [0.4, 0.5) is 0 Å². The normalized spacial score (nSPS) is 13.9. The van der Waals surface area contributed by atoms with E-state index < -0.39 is 10.0 Å². The van der Waals surface area contributed by atoms with Crippen LogP contribution < -0.4 is 14.2 Å². The van der Waals surface area contributed by atoms with Crippen LogP contribution in [0.3, 0.4) is 0 Å². The van der Waals surface area contributed by atoms with E-state index in [1.165, 1.54) is 12.7 Å². The van der Waals surface area contributed by atoms with Crippen molar-refractivity contribution in [2.45, 2.75) is 37.0 Å². The van der Waals surface area contributed by atoms with E-state index in [0.717, 1.165) is 42.6 Å². The first kappa shape index (κ1) is 18.7. The van der Waals surface area contributed by atoms with E-state index >= 15 is 0 Å². The molecule has 26 heavy (non-hydrogen) atoms. The van der Waals surface area contributed by atoms with E-state index in [0.29, 0.717) is 18.7 Å². The highest BCUT2D eigenvalue weighted by Gasteiger charge is 2.22. The van der Waals surface area contributed by atoms with Crippen molar-refractivity contribution in [1.82, 2.24) is 4.72 Å². The summed E-state index contributed by atoms with van der Waals surface area (Å²) >= 11 is 0. The molecule has 2 aromatic carbocycles. The molecule has 0 bridgehead atoms. The fourth-order valence-electron chi connectivity index (χ4n) is 3.31. The van der Waals surface area contributed by atoms with E-state index in [2.05, 4.69) is 4.72 Å². The molecular formula is C20H25NO4S. The van der Waals surface area contributed by atoms with Gasteiger partial charge in [-0.3, -0.25) is 0 Å². The first-order valence-corrected chi connectivity index (χ1v) is 10.3. The van der Waals surface area contributed by atoms with E-state index in [1.807, 2.05) is 30.3 Å². The van der Waals surface area contributed by atoms with E-state index in [-0.39, 0.29) is 4.90 Å². The summed E-state index contributed by atoms with van der Waals surface area (Å²) in [7, 11) is -0.484. The minimum atomic E-state index is -3.62. The number of hydrogen-bond donors (Lipinski definition) is 1. The third-order valence-electron chi connectivity index (χ3n) is 4.78. The van der Waals surface area contributed by atoms with Gasteiger partial charge in [-0.2, -0.15) is 0 Å². The average Bonchev–Trinajstić information content (AvgIpc) is 2.67. The Hall–Kier alpha value is -2.05. The van der Waals surface area contributed by atoms with Gasteiger partial charge in [0.25, 0.3) is 0 Å². The lowest BCUT2D eigenvalue weighted by Crippen LogP contribution is -2.26. The van der Waals surface area contributed by atoms with Gasteiger partial charge in [0.1, 0.15) is 16.4 Å². The molecule has 0 saturated heterocycles. The van der Waals surface area contributed by atoms with Crippen molar-refractivity contribution < 1.29 is 17.9 Å². The molecule has 2 aromatic rings. The summed E-state index contributed by atoms with van der Waals surface area (Å²) in [5.74, 6) is 1.20. The highest BCUT2D eigenvalue weighted by Crippen LogP contribution is 2.31. The predicted molar refractivity (Wildman–Crippen MR) is 102 cm³/mol. The van der Waals surface area contributed by atoms with Gasteiger partial charge in [0, 0.05) is 6.54 Å². The van der Waals surface area contributed by atoms with Gasteiger partial charge in [0.15, 0.2) is 0 Å². The molecule has 0 unspecified atom stereocenters. The SMILES string of the molecule is COc1ccc(CCNS(=O)(=O)c2cc3c(cc2OC)CCCC3)cc1. The molecule has 3 rings (SSSR count). The Labute approximate surface area is 155 Å². The summed E-state index contributed by atoms with van der Waals surface area (Å²) in [6.07, 6.45) is 4.76. The molecule has 0 aliphatic heterocycles. The summed E-state index contributed by atoms with van der Waals surface area (Å²) < 4.78 is 38.7. The van der Waals surface area contributed by atoms with Gasteiger partial charge in [0.05, 0.1) is 14.2 Å². The van der Waals surface area contributed by atoms with Crippen LogP contribution in [0, 0.1) is 0 Å². The minimum absolute atomic E-state index is 0.232. The second-order valence-electron chi connectivity index (χ2n) is 6.47. The molecule has 0 heterocycles. The molecule has 5 nitrogen and oxygen atoms in total. The van der Waals surface area contributed by atoms with Crippen molar-refractivity contribution in [2.75, 3.05) is 20.8 Å². The van der Waals surface area contributed by atoms with Crippen LogP contribution in [0.5, 0.6) is 11.5 Å². The molecule has 0 radical (unpaired) electrons. The van der Waals surface area contributed by atoms with Crippen LogP contribution in [0.1, 0.15) is 29.5 Å². The number of fused-ring (bicyclic) bond motifs is 1. The number of sulfonamides is 1. The van der Waals surface area contributed by atoms with Gasteiger partial charge in [0.2, 0.25) is 10.0 Å². The number of rotatable bonds is 7. The fourth-order valence-corrected chi connectivity index (χ4v) is 4.54. The van der Waals surface area contributed by atoms with Crippen molar-refractivity contribution in [1.29, 1.82) is 0 Å². The molecular weight excluding hydrogens is 350 g/mol. The Balaban J connectivity index is 1.72. The first-order chi connectivity index (χ1) is 12.5. The third kappa shape index (κ3) is 4.19. The molecule has 140 valence electrons. The Bertz CT molecular complexity index is 860. The summed E-state index contributed by atoms with van der Waals surface area (Å²) in [5.41, 5.74) is 3.36. The molecule has 0 saturated carbocycles. The standard InChI is InChI=1S/C20H25NO4S/c1-24-18-9-7-15(8-10-18)11-12-21-26(22,23)20-14-17-6-4-3-5-16(17)13-19(20)25-2/h7-10,13-14,21H,3-6,11-12H2,1-2H3. The van der Waals surface area contributed by atoms with Crippen molar-refractivity contribution in [3.8, 4) is 11.5 Å². The smallest absolute Gasteiger partial charge is 0.244 e. The van der Waals surface area contributed by atoms with Gasteiger partial charge in [-0.25, -0.2) is 13.1 Å². The van der Waals surface area contributed by atoms with Crippen LogP contribution >= 0.6 is 0 Å². The molecule has 0 atom stereocenters. The zero-order valence-corrected chi connectivity index (χ0v) is 16.1. The Morgan fingerprint density at radius 3 is 2.23 bits per heavy atom. The molecule has 0 fully saturated rings. The van der Waals surface area contributed by atoms with E-state index in [4.69, 9.17) is 9.47 Å². The Morgan fingerprint density at radius 1 is 0.962 bits per heavy atom. The fraction of sp³-hybridized carbons (Fsp3) is 0.400. The second-order valence-corrected chi connectivity index (χ2v) is 8.21. The number of nitrogens with one attached hydrogen (secondary N) is 1. The minimum Gasteiger partial charge on any atom is -0.497 e. The van der Waals surface area contributed by atoms with Crippen LogP contribution in [-0.4, -0.2) is 29.2 Å². The number of aryl methyl sites for hydroxylation is 2. The summed E-state index contributed by atoms with van der Waals surface area (Å²) in [6, 6.07) is 11.3. The van der Waals surface area contributed by atoms with Crippen LogP contribution in [0.2, 0.25) is 0 Å². The quantitative estimate of drug-likeness (QED) is 0.808. The lowest BCUT2D eigenvalue weighted by atomic mass is 9.92. The summed E-state index contributed by atoms with van der Waals surface area (Å²) in [5, 5.41) is 0. The largest absolute Gasteiger partial charge is 0.497 e. The molecule has 0 spiro atoms. The lowest BCUT2D eigenvalue weighted by molar-refractivity contribution is 0.401. The monoisotopic (exact) mass is 375 g/mol. The van der Waals surface area contributed by atoms with Crippen LogP contribution in [-0.2, 0) is 29.3 Å². The number of ether oxygens (including phenoxy) is 2.